The number of nitrogens with two attached hydrogens (primary N) is 2. The summed E-state index contributed by atoms with van der Waals surface area (Å²) in [6, 6.07) is 13.7. The summed E-state index contributed by atoms with van der Waals surface area (Å²) in [6.45, 7) is 10.5. The number of nitrogen functional groups attached to an aromatic ring is 2. The Labute approximate surface area is 254 Å². The third kappa shape index (κ3) is 9.03. The maximum absolute atomic E-state index is 9.17. The van der Waals surface area contributed by atoms with Crippen LogP contribution in [0.4, 0.5) is 22.7 Å². The maximum Gasteiger partial charge on any atom is 0.108 e. The molecule has 4 rings (SSSR count). The Kier molecular flexibility index (Phi) is 13.8. The van der Waals surface area contributed by atoms with E-state index < -0.39 is 0 Å². The van der Waals surface area contributed by atoms with E-state index in [0.717, 1.165) is 70.7 Å². The molecule has 2 unspecified atom stereocenters. The van der Waals surface area contributed by atoms with Gasteiger partial charge in [-0.15, -0.1) is 0 Å². The van der Waals surface area contributed by atoms with Gasteiger partial charge in [0.25, 0.3) is 0 Å². The van der Waals surface area contributed by atoms with Crippen LogP contribution in [-0.2, 0) is 0 Å². The summed E-state index contributed by atoms with van der Waals surface area (Å²) in [5, 5.41) is 18.3. The Morgan fingerprint density at radius 1 is 0.700 bits per heavy atom. The lowest BCUT2D eigenvalue weighted by atomic mass is 10.1. The number of aryl methyl sites for hydroxylation is 2. The van der Waals surface area contributed by atoms with Gasteiger partial charge in [-0.3, -0.25) is 0 Å². The first-order chi connectivity index (χ1) is 17.9. The third-order valence-electron chi connectivity index (χ3n) is 8.89. The van der Waals surface area contributed by atoms with Gasteiger partial charge in [0.1, 0.15) is 25.2 Å². The molecule has 0 aliphatic carbocycles. The van der Waals surface area contributed by atoms with E-state index >= 15 is 0 Å². The number of rotatable bonds is 8. The minimum Gasteiger partial charge on any atom is -1.00 e. The highest BCUT2D eigenvalue weighted by Gasteiger charge is 2.36. The second kappa shape index (κ2) is 15.3. The fraction of sp³-hybridized carbons (Fsp3) is 0.600. The van der Waals surface area contributed by atoms with Crippen LogP contribution in [-0.4, -0.2) is 112 Å². The molecule has 0 bridgehead atoms. The molecule has 0 radical (unpaired) electrons. The molecule has 8 nitrogen and oxygen atoms in total. The monoisotopic (exact) mass is 598 g/mol. The van der Waals surface area contributed by atoms with Gasteiger partial charge in [0.2, 0.25) is 0 Å². The lowest BCUT2D eigenvalue weighted by molar-refractivity contribution is -0.912. The molecule has 6 N–H and O–H groups in total. The van der Waals surface area contributed by atoms with Gasteiger partial charge in [0.15, 0.2) is 0 Å². The van der Waals surface area contributed by atoms with Gasteiger partial charge in [0.05, 0.1) is 54.5 Å². The van der Waals surface area contributed by atoms with Gasteiger partial charge in [-0.1, -0.05) is 0 Å². The molecule has 2 aliphatic heterocycles. The predicted octanol–water partition coefficient (Wildman–Crippen LogP) is -3.54. The van der Waals surface area contributed by atoms with Crippen molar-refractivity contribution in [3.8, 4) is 0 Å². The summed E-state index contributed by atoms with van der Waals surface area (Å²) in [4.78, 5) is 4.85. The molecule has 2 aromatic carbocycles. The number of aliphatic hydroxyl groups is 2. The highest BCUT2D eigenvalue weighted by atomic mass is 35.5. The average molecular weight is 600 g/mol. The lowest BCUT2D eigenvalue weighted by Gasteiger charge is -2.35. The molecule has 2 aromatic rings. The Hall–Kier alpha value is -1.94. The van der Waals surface area contributed by atoms with E-state index in [0.29, 0.717) is 12.1 Å². The minimum atomic E-state index is 0. The van der Waals surface area contributed by atoms with Crippen molar-refractivity contribution in [2.45, 2.75) is 38.8 Å². The highest BCUT2D eigenvalue weighted by molar-refractivity contribution is 5.59. The quantitative estimate of drug-likeness (QED) is 0.186. The number of halogens is 2. The van der Waals surface area contributed by atoms with E-state index in [1.54, 1.807) is 0 Å². The van der Waals surface area contributed by atoms with Crippen LogP contribution in [0.25, 0.3) is 0 Å². The number of likely N-dealkylation sites (N-methyl/N-ethyl adjacent to an activating group) is 2. The maximum atomic E-state index is 9.17. The zero-order valence-corrected chi connectivity index (χ0v) is 26.8. The summed E-state index contributed by atoms with van der Waals surface area (Å²) in [5.74, 6) is 0. The molecular weight excluding hydrogens is 547 g/mol. The van der Waals surface area contributed by atoms with E-state index in [1.807, 2.05) is 12.1 Å². The Morgan fingerprint density at radius 3 is 1.35 bits per heavy atom. The number of benzene rings is 2. The molecule has 2 heterocycles. The molecule has 40 heavy (non-hydrogen) atoms. The van der Waals surface area contributed by atoms with E-state index in [4.69, 9.17) is 21.7 Å². The van der Waals surface area contributed by atoms with Crippen molar-refractivity contribution in [1.29, 1.82) is 0 Å². The highest BCUT2D eigenvalue weighted by Crippen LogP contribution is 2.28. The molecule has 10 heteroatoms. The van der Waals surface area contributed by atoms with Crippen LogP contribution in [0.3, 0.4) is 0 Å². The summed E-state index contributed by atoms with van der Waals surface area (Å²) in [6.07, 6.45) is 2.35. The van der Waals surface area contributed by atoms with Crippen LogP contribution in [0.15, 0.2) is 36.4 Å². The predicted molar refractivity (Wildman–Crippen MR) is 161 cm³/mol. The molecule has 0 amide bonds. The minimum absolute atomic E-state index is 0. The molecule has 2 fully saturated rings. The molecule has 228 valence electrons. The van der Waals surface area contributed by atoms with Crippen molar-refractivity contribution >= 4 is 22.7 Å². The molecule has 2 saturated heterocycles. The van der Waals surface area contributed by atoms with Gasteiger partial charge in [0, 0.05) is 48.7 Å². The second-order valence-electron chi connectivity index (χ2n) is 12.3. The number of anilines is 4. The van der Waals surface area contributed by atoms with Crippen molar-refractivity contribution in [2.75, 3.05) is 102 Å². The fourth-order valence-electron chi connectivity index (χ4n) is 5.69. The summed E-state index contributed by atoms with van der Waals surface area (Å²) in [5.41, 5.74) is 18.3. The summed E-state index contributed by atoms with van der Waals surface area (Å²) in [7, 11) is 8.83. The van der Waals surface area contributed by atoms with Gasteiger partial charge in [-0.25, -0.2) is 0 Å². The standard InChI is InChI=1S/2C15H26N3O.2ClH/c2*1-12-10-13(4-5-15(12)16)17-7-6-14(11-17)18(2,3)8-9-19;;/h2*4-5,10,14,19H,6-9,11,16H2,1-3H3;2*1H/q2*+1;;/p-2. The van der Waals surface area contributed by atoms with Crippen molar-refractivity contribution in [3.63, 3.8) is 0 Å². The van der Waals surface area contributed by atoms with Crippen LogP contribution >= 0.6 is 0 Å². The van der Waals surface area contributed by atoms with Crippen molar-refractivity contribution in [3.05, 3.63) is 47.5 Å². The molecule has 2 atom stereocenters. The smallest absolute Gasteiger partial charge is 0.108 e. The number of hydrogen-bond acceptors (Lipinski definition) is 6. The number of quaternary nitrogens is 2. The largest absolute Gasteiger partial charge is 1.00 e. The topological polar surface area (TPSA) is 99.0 Å². The zero-order chi connectivity index (χ0) is 28.1. The van der Waals surface area contributed by atoms with Gasteiger partial charge >= 0.3 is 0 Å². The number of aliphatic hydroxyl groups excluding tert-OH is 2. The summed E-state index contributed by atoms with van der Waals surface area (Å²) < 4.78 is 1.78. The Balaban J connectivity index is 0.000000381. The Bertz CT molecular complexity index is 985. The SMILES string of the molecule is Cc1cc(N2CCC([N+](C)(C)CCO)C2)ccc1N.Cc1cc(N2CCC([N+](C)(C)CCO)C2)ccc1N.[Cl-].[Cl-]. The third-order valence-corrected chi connectivity index (χ3v) is 8.89. The van der Waals surface area contributed by atoms with E-state index in [-0.39, 0.29) is 38.0 Å². The van der Waals surface area contributed by atoms with Gasteiger partial charge < -0.3 is 65.3 Å². The van der Waals surface area contributed by atoms with Crippen molar-refractivity contribution < 1.29 is 44.0 Å². The number of nitrogens with zero attached hydrogens (tertiary/aromatic N) is 4. The van der Waals surface area contributed by atoms with Gasteiger partial charge in [-0.05, 0) is 61.4 Å². The fourth-order valence-corrected chi connectivity index (χ4v) is 5.69. The first kappa shape index (κ1) is 36.1. The van der Waals surface area contributed by atoms with E-state index in [9.17, 15) is 0 Å². The normalized spacial score (nSPS) is 19.0. The van der Waals surface area contributed by atoms with Crippen LogP contribution in [0.2, 0.25) is 0 Å². The van der Waals surface area contributed by atoms with Crippen LogP contribution < -0.4 is 46.1 Å². The zero-order valence-electron chi connectivity index (χ0n) is 25.3. The second-order valence-corrected chi connectivity index (χ2v) is 12.3. The van der Waals surface area contributed by atoms with E-state index in [2.05, 4.69) is 76.1 Å². The first-order valence-electron chi connectivity index (χ1n) is 14.0. The van der Waals surface area contributed by atoms with Crippen molar-refractivity contribution in [2.24, 2.45) is 0 Å². The Morgan fingerprint density at radius 2 is 1.05 bits per heavy atom. The molecular formula is C30H52Cl2N6O2. The molecule has 0 spiro atoms. The van der Waals surface area contributed by atoms with Gasteiger partial charge in [-0.2, -0.15) is 0 Å². The summed E-state index contributed by atoms with van der Waals surface area (Å²) >= 11 is 0. The lowest BCUT2D eigenvalue weighted by Crippen LogP contribution is -3.00. The molecule has 0 aromatic heterocycles. The molecule has 0 saturated carbocycles. The molecule has 2 aliphatic rings. The van der Waals surface area contributed by atoms with E-state index in [1.165, 1.54) is 24.2 Å². The van der Waals surface area contributed by atoms with Crippen LogP contribution in [0.1, 0.15) is 24.0 Å². The van der Waals surface area contributed by atoms with Crippen LogP contribution in [0, 0.1) is 13.8 Å². The number of hydrogen-bond donors (Lipinski definition) is 4. The first-order valence-corrected chi connectivity index (χ1v) is 14.0. The van der Waals surface area contributed by atoms with Crippen LogP contribution in [0.5, 0.6) is 0 Å². The van der Waals surface area contributed by atoms with Crippen molar-refractivity contribution in [1.82, 2.24) is 0 Å². The average Bonchev–Trinajstić information content (AvgIpc) is 3.54.